The van der Waals surface area contributed by atoms with Crippen LogP contribution in [0.5, 0.6) is 0 Å². The number of pyridine rings is 1. The number of anilines is 1. The van der Waals surface area contributed by atoms with Gasteiger partial charge in [0.05, 0.1) is 21.8 Å². The van der Waals surface area contributed by atoms with Gasteiger partial charge in [-0.05, 0) is 41.8 Å². The van der Waals surface area contributed by atoms with Gasteiger partial charge in [0.25, 0.3) is 5.91 Å². The third-order valence-electron chi connectivity index (χ3n) is 5.50. The number of thiazole rings is 1. The highest BCUT2D eigenvalue weighted by Crippen LogP contribution is 2.43. The summed E-state index contributed by atoms with van der Waals surface area (Å²) < 4.78 is 0.923. The summed E-state index contributed by atoms with van der Waals surface area (Å²) >= 11 is 1.35. The lowest BCUT2D eigenvalue weighted by molar-refractivity contribution is -0.118. The molecule has 2 aromatic heterocycles. The lowest BCUT2D eigenvalue weighted by Crippen LogP contribution is -2.31. The van der Waals surface area contributed by atoms with Crippen LogP contribution in [0.15, 0.2) is 90.5 Å². The Kier molecular flexibility index (Phi) is 5.25. The molecule has 0 saturated carbocycles. The Labute approximate surface area is 188 Å². The number of hydrogen-bond acceptors (Lipinski definition) is 6. The molecule has 4 aromatic rings. The van der Waals surface area contributed by atoms with Gasteiger partial charge >= 0.3 is 0 Å². The molecule has 6 nitrogen and oxygen atoms in total. The van der Waals surface area contributed by atoms with Gasteiger partial charge in [-0.25, -0.2) is 4.98 Å². The van der Waals surface area contributed by atoms with Crippen LogP contribution < -0.4 is 4.90 Å². The summed E-state index contributed by atoms with van der Waals surface area (Å²) in [5.41, 5.74) is 2.59. The van der Waals surface area contributed by atoms with Crippen LogP contribution in [0, 0.1) is 0 Å². The Balaban J connectivity index is 1.54. The number of benzene rings is 2. The van der Waals surface area contributed by atoms with Gasteiger partial charge in [-0.2, -0.15) is 0 Å². The fourth-order valence-corrected chi connectivity index (χ4v) is 4.94. The SMILES string of the molecule is O=C(CCc1ccccc1)C1=C(O)C(=O)N(c2nc3ccccc3s2)C1c1ccncc1. The summed E-state index contributed by atoms with van der Waals surface area (Å²) in [5, 5.41) is 11.2. The zero-order chi connectivity index (χ0) is 22.1. The third-order valence-corrected chi connectivity index (χ3v) is 6.54. The van der Waals surface area contributed by atoms with Gasteiger partial charge in [-0.15, -0.1) is 0 Å². The maximum absolute atomic E-state index is 13.3. The zero-order valence-electron chi connectivity index (χ0n) is 17.0. The van der Waals surface area contributed by atoms with Gasteiger partial charge in [0.15, 0.2) is 16.7 Å². The van der Waals surface area contributed by atoms with Crippen LogP contribution in [0.2, 0.25) is 0 Å². The largest absolute Gasteiger partial charge is 0.503 e. The summed E-state index contributed by atoms with van der Waals surface area (Å²) in [5.74, 6) is -1.39. The minimum absolute atomic E-state index is 0.108. The van der Waals surface area contributed by atoms with E-state index in [1.807, 2.05) is 54.6 Å². The lowest BCUT2D eigenvalue weighted by atomic mass is 9.94. The van der Waals surface area contributed by atoms with Crippen LogP contribution in [-0.4, -0.2) is 26.8 Å². The van der Waals surface area contributed by atoms with Crippen LogP contribution in [0.1, 0.15) is 23.6 Å². The Hall–Kier alpha value is -3.84. The number of aryl methyl sites for hydroxylation is 1. The van der Waals surface area contributed by atoms with Gasteiger partial charge in [-0.3, -0.25) is 19.5 Å². The van der Waals surface area contributed by atoms with Crippen molar-refractivity contribution in [3.63, 3.8) is 0 Å². The van der Waals surface area contributed by atoms with Crippen molar-refractivity contribution in [1.82, 2.24) is 9.97 Å². The second-order valence-electron chi connectivity index (χ2n) is 7.49. The molecule has 1 aliphatic rings. The molecule has 0 bridgehead atoms. The molecule has 5 rings (SSSR count). The number of fused-ring (bicyclic) bond motifs is 1. The van der Waals surface area contributed by atoms with Crippen LogP contribution >= 0.6 is 11.3 Å². The van der Waals surface area contributed by atoms with Crippen molar-refractivity contribution in [2.75, 3.05) is 4.90 Å². The quantitative estimate of drug-likeness (QED) is 0.465. The number of rotatable bonds is 6. The minimum Gasteiger partial charge on any atom is -0.503 e. The van der Waals surface area contributed by atoms with E-state index >= 15 is 0 Å². The first-order valence-corrected chi connectivity index (χ1v) is 11.0. The van der Waals surface area contributed by atoms with E-state index in [4.69, 9.17) is 0 Å². The fourth-order valence-electron chi connectivity index (χ4n) is 3.95. The van der Waals surface area contributed by atoms with Crippen molar-refractivity contribution in [1.29, 1.82) is 0 Å². The van der Waals surface area contributed by atoms with E-state index in [-0.39, 0.29) is 17.8 Å². The van der Waals surface area contributed by atoms with E-state index in [0.29, 0.717) is 17.1 Å². The van der Waals surface area contributed by atoms with Gasteiger partial charge in [0, 0.05) is 18.8 Å². The van der Waals surface area contributed by atoms with Gasteiger partial charge in [0.2, 0.25) is 0 Å². The topological polar surface area (TPSA) is 83.4 Å². The summed E-state index contributed by atoms with van der Waals surface area (Å²) in [6.45, 7) is 0. The van der Waals surface area contributed by atoms with Crippen molar-refractivity contribution >= 4 is 38.4 Å². The predicted octanol–water partition coefficient (Wildman–Crippen LogP) is 4.79. The molecule has 1 atom stereocenters. The number of nitrogens with zero attached hydrogens (tertiary/aromatic N) is 3. The molecule has 0 fully saturated rings. The highest BCUT2D eigenvalue weighted by Gasteiger charge is 2.45. The van der Waals surface area contributed by atoms with Crippen LogP contribution in [0.25, 0.3) is 10.2 Å². The monoisotopic (exact) mass is 441 g/mol. The normalized spacial score (nSPS) is 16.2. The summed E-state index contributed by atoms with van der Waals surface area (Å²) in [6.07, 6.45) is 3.93. The highest BCUT2D eigenvalue weighted by atomic mass is 32.1. The number of para-hydroxylation sites is 1. The molecular weight excluding hydrogens is 422 g/mol. The molecule has 3 heterocycles. The number of hydrogen-bond donors (Lipinski definition) is 1. The molecule has 0 spiro atoms. The zero-order valence-corrected chi connectivity index (χ0v) is 17.8. The second-order valence-corrected chi connectivity index (χ2v) is 8.50. The molecule has 0 aliphatic carbocycles. The Bertz CT molecular complexity index is 1300. The summed E-state index contributed by atoms with van der Waals surface area (Å²) in [6, 6.07) is 20.0. The standard InChI is InChI=1S/C25H19N3O3S/c29-19(11-10-16-6-2-1-3-7-16)21-22(17-12-14-26-15-13-17)28(24(31)23(21)30)25-27-18-8-4-5-9-20(18)32-25/h1-9,12-15,22,30H,10-11H2. The van der Waals surface area contributed by atoms with Crippen molar-refractivity contribution in [2.24, 2.45) is 0 Å². The lowest BCUT2D eigenvalue weighted by Gasteiger charge is -2.24. The number of ketones is 1. The molecule has 1 amide bonds. The number of aliphatic hydroxyl groups excluding tert-OH is 1. The molecule has 158 valence electrons. The first-order chi connectivity index (χ1) is 15.6. The number of carbonyl (C=O) groups is 2. The van der Waals surface area contributed by atoms with E-state index in [1.54, 1.807) is 24.5 Å². The molecule has 7 heteroatoms. The molecule has 1 unspecified atom stereocenters. The molecular formula is C25H19N3O3S. The first-order valence-electron chi connectivity index (χ1n) is 10.2. The molecule has 2 aromatic carbocycles. The van der Waals surface area contributed by atoms with Gasteiger partial charge < -0.3 is 5.11 Å². The van der Waals surface area contributed by atoms with Crippen molar-refractivity contribution in [2.45, 2.75) is 18.9 Å². The van der Waals surface area contributed by atoms with Crippen molar-refractivity contribution in [3.05, 3.63) is 102 Å². The fraction of sp³-hybridized carbons (Fsp3) is 0.120. The predicted molar refractivity (Wildman–Crippen MR) is 124 cm³/mol. The molecule has 32 heavy (non-hydrogen) atoms. The van der Waals surface area contributed by atoms with Crippen LogP contribution in [0.3, 0.4) is 0 Å². The number of aliphatic hydroxyl groups is 1. The molecule has 0 radical (unpaired) electrons. The second kappa shape index (κ2) is 8.36. The van der Waals surface area contributed by atoms with Gasteiger partial charge in [0.1, 0.15) is 0 Å². The first kappa shape index (κ1) is 20.1. The third kappa shape index (κ3) is 3.56. The minimum atomic E-state index is -0.755. The van der Waals surface area contributed by atoms with E-state index < -0.39 is 17.7 Å². The molecule has 1 N–H and O–H groups in total. The van der Waals surface area contributed by atoms with Gasteiger partial charge in [-0.1, -0.05) is 53.8 Å². The Morgan fingerprint density at radius 1 is 1.00 bits per heavy atom. The number of carbonyl (C=O) groups excluding carboxylic acids is 2. The number of Topliss-reactive ketones (excluding diaryl/α,β-unsaturated/α-hetero) is 1. The van der Waals surface area contributed by atoms with Crippen molar-refractivity contribution < 1.29 is 14.7 Å². The van der Waals surface area contributed by atoms with E-state index in [0.717, 1.165) is 15.8 Å². The van der Waals surface area contributed by atoms with E-state index in [9.17, 15) is 14.7 Å². The maximum Gasteiger partial charge on any atom is 0.296 e. The molecule has 1 aliphatic heterocycles. The average Bonchev–Trinajstić information content (AvgIpc) is 3.37. The summed E-state index contributed by atoms with van der Waals surface area (Å²) in [7, 11) is 0. The smallest absolute Gasteiger partial charge is 0.296 e. The van der Waals surface area contributed by atoms with Crippen LogP contribution in [0.4, 0.5) is 5.13 Å². The average molecular weight is 442 g/mol. The number of amides is 1. The highest BCUT2D eigenvalue weighted by molar-refractivity contribution is 7.22. The van der Waals surface area contributed by atoms with Crippen LogP contribution in [-0.2, 0) is 16.0 Å². The Morgan fingerprint density at radius 3 is 2.47 bits per heavy atom. The van der Waals surface area contributed by atoms with Crippen molar-refractivity contribution in [3.8, 4) is 0 Å². The van der Waals surface area contributed by atoms with E-state index in [1.165, 1.54) is 16.2 Å². The number of aromatic nitrogens is 2. The van der Waals surface area contributed by atoms with E-state index in [2.05, 4.69) is 9.97 Å². The maximum atomic E-state index is 13.3. The molecule has 0 saturated heterocycles. The summed E-state index contributed by atoms with van der Waals surface area (Å²) in [4.78, 5) is 36.5. The Morgan fingerprint density at radius 2 is 1.72 bits per heavy atom.